The maximum atomic E-state index is 3.67. The van der Waals surface area contributed by atoms with Gasteiger partial charge in [0, 0.05) is 19.1 Å². The van der Waals surface area contributed by atoms with E-state index >= 15 is 0 Å². The Morgan fingerprint density at radius 2 is 2.12 bits per heavy atom. The number of nitrogens with one attached hydrogen (secondary N) is 2. The number of piperidine rings is 1. The molecule has 94 valence electrons. The number of hydrogen-bond acceptors (Lipinski definition) is 3. The van der Waals surface area contributed by atoms with E-state index in [0.717, 1.165) is 12.6 Å². The summed E-state index contributed by atoms with van der Waals surface area (Å²) in [7, 11) is 2.23. The summed E-state index contributed by atoms with van der Waals surface area (Å²) in [6.45, 7) is 8.54. The summed E-state index contributed by atoms with van der Waals surface area (Å²) in [5, 5.41) is 7.21. The van der Waals surface area contributed by atoms with Gasteiger partial charge in [-0.1, -0.05) is 6.92 Å². The zero-order valence-corrected chi connectivity index (χ0v) is 10.9. The minimum absolute atomic E-state index is 0.533. The molecule has 0 aromatic carbocycles. The highest BCUT2D eigenvalue weighted by atomic mass is 15.1. The highest BCUT2D eigenvalue weighted by Crippen LogP contribution is 2.29. The van der Waals surface area contributed by atoms with E-state index in [0.29, 0.717) is 5.41 Å². The van der Waals surface area contributed by atoms with E-state index in [9.17, 15) is 0 Å². The van der Waals surface area contributed by atoms with Crippen molar-refractivity contribution in [2.24, 2.45) is 5.41 Å². The molecule has 0 aromatic heterocycles. The van der Waals surface area contributed by atoms with Crippen molar-refractivity contribution < 1.29 is 0 Å². The van der Waals surface area contributed by atoms with Crippen LogP contribution in [-0.4, -0.2) is 50.7 Å². The van der Waals surface area contributed by atoms with E-state index in [1.807, 2.05) is 0 Å². The van der Waals surface area contributed by atoms with E-state index in [-0.39, 0.29) is 0 Å². The van der Waals surface area contributed by atoms with Crippen LogP contribution in [0.5, 0.6) is 0 Å². The van der Waals surface area contributed by atoms with Gasteiger partial charge >= 0.3 is 0 Å². The number of likely N-dealkylation sites (tertiary alicyclic amines) is 1. The Morgan fingerprint density at radius 3 is 2.75 bits per heavy atom. The molecule has 2 N–H and O–H groups in total. The third-order valence-corrected chi connectivity index (χ3v) is 4.30. The van der Waals surface area contributed by atoms with E-state index in [1.165, 1.54) is 51.9 Å². The second-order valence-corrected chi connectivity index (χ2v) is 6.04. The number of rotatable bonds is 4. The van der Waals surface area contributed by atoms with Crippen LogP contribution in [0.3, 0.4) is 0 Å². The molecule has 0 radical (unpaired) electrons. The molecule has 0 aromatic rings. The van der Waals surface area contributed by atoms with Crippen LogP contribution in [-0.2, 0) is 0 Å². The van der Waals surface area contributed by atoms with E-state index in [4.69, 9.17) is 0 Å². The molecule has 2 aliphatic heterocycles. The minimum atomic E-state index is 0.533. The molecule has 3 heteroatoms. The molecule has 2 heterocycles. The monoisotopic (exact) mass is 225 g/mol. The highest BCUT2D eigenvalue weighted by Gasteiger charge is 2.28. The summed E-state index contributed by atoms with van der Waals surface area (Å²) in [4.78, 5) is 2.44. The fraction of sp³-hybridized carbons (Fsp3) is 1.00. The minimum Gasteiger partial charge on any atom is -0.315 e. The summed E-state index contributed by atoms with van der Waals surface area (Å²) in [5.74, 6) is 0. The van der Waals surface area contributed by atoms with Gasteiger partial charge < -0.3 is 15.5 Å². The van der Waals surface area contributed by atoms with Gasteiger partial charge in [-0.2, -0.15) is 0 Å². The number of hydrogen-bond donors (Lipinski definition) is 2. The summed E-state index contributed by atoms with van der Waals surface area (Å²) in [6, 6.07) is 0.731. The molecule has 2 rings (SSSR count). The van der Waals surface area contributed by atoms with Crippen LogP contribution in [0, 0.1) is 5.41 Å². The Kier molecular flexibility index (Phi) is 4.22. The predicted molar refractivity (Wildman–Crippen MR) is 68.7 cm³/mol. The SMILES string of the molecule is CN1CCC(C)(CNCC2CCCN2)CC1. The van der Waals surface area contributed by atoms with Crippen LogP contribution in [0.15, 0.2) is 0 Å². The first-order chi connectivity index (χ1) is 7.68. The van der Waals surface area contributed by atoms with Crippen LogP contribution in [0.1, 0.15) is 32.6 Å². The Labute approximate surface area is 100.0 Å². The summed E-state index contributed by atoms with van der Waals surface area (Å²) in [5.41, 5.74) is 0.533. The highest BCUT2D eigenvalue weighted by molar-refractivity contribution is 4.84. The molecule has 0 spiro atoms. The van der Waals surface area contributed by atoms with Gasteiger partial charge in [0.1, 0.15) is 0 Å². The van der Waals surface area contributed by atoms with Gasteiger partial charge in [-0.3, -0.25) is 0 Å². The maximum Gasteiger partial charge on any atom is 0.0192 e. The van der Waals surface area contributed by atoms with Crippen molar-refractivity contribution in [3.05, 3.63) is 0 Å². The normalized spacial score (nSPS) is 30.8. The lowest BCUT2D eigenvalue weighted by atomic mass is 9.80. The van der Waals surface area contributed by atoms with Crippen molar-refractivity contribution in [3.8, 4) is 0 Å². The van der Waals surface area contributed by atoms with Gasteiger partial charge in [0.2, 0.25) is 0 Å². The predicted octanol–water partition coefficient (Wildman–Crippen LogP) is 1.06. The molecular weight excluding hydrogens is 198 g/mol. The molecule has 3 nitrogen and oxygen atoms in total. The van der Waals surface area contributed by atoms with E-state index in [2.05, 4.69) is 29.5 Å². The molecular formula is C13H27N3. The second kappa shape index (κ2) is 5.48. The topological polar surface area (TPSA) is 27.3 Å². The Morgan fingerprint density at radius 1 is 1.38 bits per heavy atom. The average molecular weight is 225 g/mol. The summed E-state index contributed by atoms with van der Waals surface area (Å²) < 4.78 is 0. The second-order valence-electron chi connectivity index (χ2n) is 6.04. The lowest BCUT2D eigenvalue weighted by molar-refractivity contribution is 0.136. The molecule has 1 unspecified atom stereocenters. The Bertz CT molecular complexity index is 203. The smallest absolute Gasteiger partial charge is 0.0192 e. The van der Waals surface area contributed by atoms with Gasteiger partial charge in [0.05, 0.1) is 0 Å². The first kappa shape index (κ1) is 12.3. The third-order valence-electron chi connectivity index (χ3n) is 4.30. The Balaban J connectivity index is 1.64. The third kappa shape index (κ3) is 3.44. The summed E-state index contributed by atoms with van der Waals surface area (Å²) in [6.07, 6.45) is 5.39. The molecule has 0 bridgehead atoms. The standard InChI is InChI=1S/C13H27N3/c1-13(5-8-16(2)9-6-13)11-14-10-12-4-3-7-15-12/h12,14-15H,3-11H2,1-2H3. The van der Waals surface area contributed by atoms with Gasteiger partial charge in [-0.15, -0.1) is 0 Å². The molecule has 2 saturated heterocycles. The van der Waals surface area contributed by atoms with Crippen LogP contribution in [0.25, 0.3) is 0 Å². The van der Waals surface area contributed by atoms with Crippen LogP contribution >= 0.6 is 0 Å². The summed E-state index contributed by atoms with van der Waals surface area (Å²) >= 11 is 0. The quantitative estimate of drug-likeness (QED) is 0.749. The van der Waals surface area contributed by atoms with Crippen molar-refractivity contribution in [2.45, 2.75) is 38.6 Å². The fourth-order valence-electron chi connectivity index (χ4n) is 2.81. The molecule has 2 fully saturated rings. The number of nitrogens with zero attached hydrogens (tertiary/aromatic N) is 1. The zero-order valence-electron chi connectivity index (χ0n) is 10.9. The van der Waals surface area contributed by atoms with Crippen molar-refractivity contribution >= 4 is 0 Å². The molecule has 16 heavy (non-hydrogen) atoms. The van der Waals surface area contributed by atoms with Crippen molar-refractivity contribution in [1.29, 1.82) is 0 Å². The molecule has 1 atom stereocenters. The van der Waals surface area contributed by atoms with Crippen molar-refractivity contribution in [2.75, 3.05) is 39.8 Å². The van der Waals surface area contributed by atoms with E-state index in [1.54, 1.807) is 0 Å². The lowest BCUT2D eigenvalue weighted by Gasteiger charge is -2.38. The molecule has 0 aliphatic carbocycles. The molecule has 2 aliphatic rings. The fourth-order valence-corrected chi connectivity index (χ4v) is 2.81. The largest absolute Gasteiger partial charge is 0.315 e. The first-order valence-corrected chi connectivity index (χ1v) is 6.81. The van der Waals surface area contributed by atoms with E-state index < -0.39 is 0 Å². The van der Waals surface area contributed by atoms with Gasteiger partial charge in [0.25, 0.3) is 0 Å². The molecule has 0 saturated carbocycles. The Hall–Kier alpha value is -0.120. The zero-order chi connectivity index (χ0) is 11.4. The average Bonchev–Trinajstić information content (AvgIpc) is 2.76. The van der Waals surface area contributed by atoms with Gasteiger partial charge in [0.15, 0.2) is 0 Å². The van der Waals surface area contributed by atoms with Crippen molar-refractivity contribution in [1.82, 2.24) is 15.5 Å². The maximum absolute atomic E-state index is 3.67. The van der Waals surface area contributed by atoms with Crippen molar-refractivity contribution in [3.63, 3.8) is 0 Å². The molecule has 0 amide bonds. The lowest BCUT2D eigenvalue weighted by Crippen LogP contribution is -2.44. The van der Waals surface area contributed by atoms with Gasteiger partial charge in [-0.25, -0.2) is 0 Å². The van der Waals surface area contributed by atoms with Crippen LogP contribution in [0.2, 0.25) is 0 Å². The first-order valence-electron chi connectivity index (χ1n) is 6.81. The van der Waals surface area contributed by atoms with Gasteiger partial charge in [-0.05, 0) is 57.8 Å². The van der Waals surface area contributed by atoms with Crippen LogP contribution in [0.4, 0.5) is 0 Å². The van der Waals surface area contributed by atoms with Crippen LogP contribution < -0.4 is 10.6 Å².